The van der Waals surface area contributed by atoms with Gasteiger partial charge in [-0.25, -0.2) is 9.69 Å². The van der Waals surface area contributed by atoms with Crippen LogP contribution in [0.3, 0.4) is 0 Å². The van der Waals surface area contributed by atoms with Crippen LogP contribution < -0.4 is 0 Å². The van der Waals surface area contributed by atoms with Gasteiger partial charge in [0.1, 0.15) is 0 Å². The number of hydrogen-bond acceptors (Lipinski definition) is 12. The van der Waals surface area contributed by atoms with Crippen LogP contribution in [0, 0.1) is 35.8 Å². The minimum Gasteiger partial charge on any atom is -0.278 e. The fourth-order valence-corrected chi connectivity index (χ4v) is 19.8. The molecule has 8 amide bonds. The van der Waals surface area contributed by atoms with E-state index in [1.807, 2.05) is 22.7 Å². The molecule has 4 aliphatic heterocycles. The number of unbranched alkanes of at least 4 members (excludes halogenated alkanes) is 10. The van der Waals surface area contributed by atoms with E-state index in [1.54, 1.807) is 62.4 Å². The molecular formula is C88H68N8O8S2. The number of hydrogen-bond donors (Lipinski definition) is 0. The normalized spacial score (nSPS) is 14.0. The Morgan fingerprint density at radius 2 is 0.642 bits per heavy atom. The molecule has 0 aliphatic carbocycles. The summed E-state index contributed by atoms with van der Waals surface area (Å²) in [7, 11) is 2.81. The maximum atomic E-state index is 13.3. The monoisotopic (exact) mass is 1430 g/mol. The van der Waals surface area contributed by atoms with E-state index in [-0.39, 0.29) is 57.8 Å². The molecule has 16 nitrogen and oxygen atoms in total. The zero-order valence-electron chi connectivity index (χ0n) is 59.4. The maximum absolute atomic E-state index is 13.3. The quantitative estimate of drug-likeness (QED) is 0.0294. The third-order valence-electron chi connectivity index (χ3n) is 22.2. The van der Waals surface area contributed by atoms with Gasteiger partial charge in [-0.15, -0.1) is 22.7 Å². The topological polar surface area (TPSA) is 206 Å². The molecule has 18 rings (SSSR count). The van der Waals surface area contributed by atoms with Gasteiger partial charge in [-0.1, -0.05) is 127 Å². The minimum absolute atomic E-state index is 0.191. The zero-order valence-corrected chi connectivity index (χ0v) is 61.0. The van der Waals surface area contributed by atoms with Crippen LogP contribution in [0.25, 0.3) is 125 Å². The predicted octanol–water partition coefficient (Wildman–Crippen LogP) is 21.1. The van der Waals surface area contributed by atoms with E-state index in [1.165, 1.54) is 169 Å². The van der Waals surface area contributed by atoms with Crippen LogP contribution in [0.5, 0.6) is 0 Å². The average Bonchev–Trinajstić information content (AvgIpc) is 0.914. The van der Waals surface area contributed by atoms with Gasteiger partial charge in [0.05, 0.1) is 51.4 Å². The number of carbonyl (C=O) groups is 8. The number of nitriles is 2. The summed E-state index contributed by atoms with van der Waals surface area (Å²) in [6, 6.07) is 38.4. The lowest BCUT2D eigenvalue weighted by Crippen LogP contribution is -2.40. The number of thiophene rings is 2. The summed E-state index contributed by atoms with van der Waals surface area (Å²) >= 11 is 4.02. The van der Waals surface area contributed by atoms with E-state index in [0.717, 1.165) is 19.6 Å². The average molecular weight is 1430 g/mol. The van der Waals surface area contributed by atoms with E-state index in [0.29, 0.717) is 108 Å². The first-order valence-corrected chi connectivity index (χ1v) is 38.0. The smallest absolute Gasteiger partial charge is 0.261 e. The molecule has 0 spiro atoms. The summed E-state index contributed by atoms with van der Waals surface area (Å²) in [5.74, 6) is -3.67. The number of amides is 8. The Morgan fingerprint density at radius 3 is 1.01 bits per heavy atom. The van der Waals surface area contributed by atoms with Crippen molar-refractivity contribution in [3.63, 3.8) is 0 Å². The Kier molecular flexibility index (Phi) is 17.1. The molecule has 12 aromatic carbocycles. The predicted molar refractivity (Wildman–Crippen MR) is 421 cm³/mol. The zero-order chi connectivity index (χ0) is 74.0. The highest BCUT2D eigenvalue weighted by atomic mass is 32.1. The number of aryl methyl sites for hydroxylation is 2. The number of carbonyl (C=O) groups excluding carboxylic acids is 8. The number of imide groups is 4. The van der Waals surface area contributed by atoms with E-state index >= 15 is 0 Å². The van der Waals surface area contributed by atoms with Crippen molar-refractivity contribution in [3.05, 3.63) is 199 Å². The van der Waals surface area contributed by atoms with Crippen molar-refractivity contribution < 1.29 is 38.4 Å². The summed E-state index contributed by atoms with van der Waals surface area (Å²) in [5, 5.41) is 31.7. The lowest BCUT2D eigenvalue weighted by Gasteiger charge is -2.30. The summed E-state index contributed by atoms with van der Waals surface area (Å²) in [6.07, 6.45) is 19.0. The number of nitrogens with zero attached hydrogens (tertiary/aromatic N) is 8. The van der Waals surface area contributed by atoms with Crippen molar-refractivity contribution in [2.45, 2.75) is 118 Å². The van der Waals surface area contributed by atoms with E-state index in [9.17, 15) is 48.9 Å². The third kappa shape index (κ3) is 10.1. The van der Waals surface area contributed by atoms with Gasteiger partial charge >= 0.3 is 0 Å². The molecule has 0 unspecified atom stereocenters. The van der Waals surface area contributed by atoms with Crippen LogP contribution in [-0.2, 0) is 12.8 Å². The van der Waals surface area contributed by atoms with Gasteiger partial charge in [0.15, 0.2) is 11.4 Å². The van der Waals surface area contributed by atoms with Crippen molar-refractivity contribution in [2.24, 2.45) is 0 Å². The fraction of sp³-hybridized carbons (Fsp3) is 0.250. The molecular weight excluding hydrogens is 1360 g/mol. The fourth-order valence-electron chi connectivity index (χ4n) is 17.0. The lowest BCUT2D eigenvalue weighted by atomic mass is 9.80. The molecule has 2 aromatic heterocycles. The highest BCUT2D eigenvalue weighted by Crippen LogP contribution is 2.53. The van der Waals surface area contributed by atoms with Gasteiger partial charge in [0.25, 0.3) is 47.3 Å². The number of benzene rings is 12. The second-order valence-corrected chi connectivity index (χ2v) is 30.1. The van der Waals surface area contributed by atoms with Gasteiger partial charge in [0.2, 0.25) is 0 Å². The van der Waals surface area contributed by atoms with Gasteiger partial charge in [-0.3, -0.25) is 58.0 Å². The first-order valence-electron chi connectivity index (χ1n) is 36.3. The van der Waals surface area contributed by atoms with Crippen LogP contribution in [0.15, 0.2) is 109 Å². The Labute approximate surface area is 617 Å². The molecule has 0 saturated carbocycles. The Hall–Kier alpha value is -12.1. The molecule has 0 N–H and O–H groups in total. The van der Waals surface area contributed by atoms with Crippen molar-refractivity contribution in [1.29, 1.82) is 10.5 Å². The van der Waals surface area contributed by atoms with Gasteiger partial charge in [0, 0.05) is 119 Å². The second-order valence-electron chi connectivity index (χ2n) is 28.0. The molecule has 4 aliphatic rings. The Balaban J connectivity index is 0.000000122. The van der Waals surface area contributed by atoms with Crippen LogP contribution in [0.4, 0.5) is 11.4 Å². The summed E-state index contributed by atoms with van der Waals surface area (Å²) in [5.41, 5.74) is 6.35. The molecule has 0 fully saturated rings. The standard InChI is InChI=1S/C30H16N4O4.C30H40S2.C28H12N4O4/c1-4-33-27(35)16-9-7-15-24-20(32-3)11-19-23-17(28(36)34(5-2)30(19)38)8-6-14(26(23)24)21-13(12-31)10-18(29(33)37)22(16)25(15)21;1-3-5-7-9-11-13-15-23-17-19-25-27(21-23)31-30-26-20-18-24(22-28(26)32-29(25)30)16-14-12-10-8-6-4-2;1-30-18-9-17-21-15(26(34)32(3)28(17)36)6-4-12-19-11(10-29)8-16-20-14(25(33)31(2)27(16)35)7-5-13(23(19)20)22(18)24(12)21/h6-11H,4-5H2,1-2H3;17-22H,3-16H2,1-2H3;4-9H,2-3H3. The largest absolute Gasteiger partial charge is 0.278 e. The van der Waals surface area contributed by atoms with Crippen LogP contribution in [-0.4, -0.2) is 94.0 Å². The number of fused-ring (bicyclic) bond motifs is 9. The van der Waals surface area contributed by atoms with Crippen LogP contribution in [0.2, 0.25) is 0 Å². The molecule has 0 saturated heterocycles. The molecule has 106 heavy (non-hydrogen) atoms. The number of rotatable bonds is 16. The SMILES string of the molecule is CCCCCCCCc1ccc2c(c1)sc1c3ccc(CCCCCCCC)cc3sc21.[C-]#[N+]c1cc2c3c(ccc4c5c(C#N)cc6c7c(ccc(c1c34)c75)C(=O)N(C)C6=O)C(=O)N(C)C2=O.[C-]#[N+]c1cc2c3c(ccc4c5c(C#N)cc6c7c(ccc(c1c34)c75)C(=O)N(CC)C6=O)C(=O)N(CC)C2=O. The first kappa shape index (κ1) is 68.4. The van der Waals surface area contributed by atoms with Crippen molar-refractivity contribution >= 4 is 197 Å². The van der Waals surface area contributed by atoms with Crippen molar-refractivity contribution in [2.75, 3.05) is 27.2 Å². The summed E-state index contributed by atoms with van der Waals surface area (Å²) < 4.78 is 5.96. The first-order chi connectivity index (χ1) is 51.5. The van der Waals surface area contributed by atoms with Gasteiger partial charge in [-0.2, -0.15) is 10.5 Å². The second kappa shape index (κ2) is 26.6. The summed E-state index contributed by atoms with van der Waals surface area (Å²) in [4.78, 5) is 117. The summed E-state index contributed by atoms with van der Waals surface area (Å²) in [6.45, 7) is 24.3. The van der Waals surface area contributed by atoms with Gasteiger partial charge < -0.3 is 0 Å². The Bertz CT molecular complexity index is 6140. The molecule has 0 radical (unpaired) electrons. The van der Waals surface area contributed by atoms with Crippen LogP contribution >= 0.6 is 22.7 Å². The third-order valence-corrected chi connectivity index (χ3v) is 24.7. The molecule has 6 heterocycles. The van der Waals surface area contributed by atoms with E-state index < -0.39 is 47.3 Å². The lowest BCUT2D eigenvalue weighted by molar-refractivity contribution is 0.0603. The maximum Gasteiger partial charge on any atom is 0.261 e. The minimum atomic E-state index is -0.506. The highest BCUT2D eigenvalue weighted by Gasteiger charge is 2.40. The van der Waals surface area contributed by atoms with Crippen LogP contribution in [0.1, 0.15) is 210 Å². The highest BCUT2D eigenvalue weighted by molar-refractivity contribution is 7.36. The molecule has 520 valence electrons. The van der Waals surface area contributed by atoms with Crippen molar-refractivity contribution in [3.8, 4) is 12.1 Å². The van der Waals surface area contributed by atoms with E-state index in [4.69, 9.17) is 13.1 Å². The Morgan fingerprint density at radius 1 is 0.340 bits per heavy atom. The molecule has 14 aromatic rings. The molecule has 0 atom stereocenters. The van der Waals surface area contributed by atoms with Crippen molar-refractivity contribution in [1.82, 2.24) is 19.6 Å². The molecule has 0 bridgehead atoms. The van der Waals surface area contributed by atoms with E-state index in [2.05, 4.69) is 72.1 Å². The van der Waals surface area contributed by atoms with Gasteiger partial charge in [-0.05, 0) is 165 Å². The molecule has 18 heteroatoms.